The Morgan fingerprint density at radius 2 is 2.33 bits per heavy atom. The van der Waals surface area contributed by atoms with Crippen LogP contribution in [0.2, 0.25) is 0 Å². The van der Waals surface area contributed by atoms with E-state index < -0.39 is 0 Å². The maximum absolute atomic E-state index is 11.0. The molecule has 18 heavy (non-hydrogen) atoms. The molecule has 0 aliphatic carbocycles. The second-order valence-corrected chi connectivity index (χ2v) is 6.48. The number of hydrogen-bond acceptors (Lipinski definition) is 5. The number of nitrogens with zero attached hydrogens (tertiary/aromatic N) is 1. The molecule has 1 atom stereocenters. The Bertz CT molecular complexity index is 462. The number of aromatic nitrogens is 1. The van der Waals surface area contributed by atoms with Gasteiger partial charge in [-0.1, -0.05) is 49.8 Å². The minimum atomic E-state index is 0.00252. The third-order valence-electron chi connectivity index (χ3n) is 3.25. The van der Waals surface area contributed by atoms with Crippen LogP contribution in [0, 0.1) is 5.92 Å². The fourth-order valence-electron chi connectivity index (χ4n) is 2.12. The van der Waals surface area contributed by atoms with E-state index in [1.165, 1.54) is 24.2 Å². The molecule has 1 aromatic heterocycles. The number of hydrogen-bond donors (Lipinski definition) is 2. The van der Waals surface area contributed by atoms with Gasteiger partial charge in [0.15, 0.2) is 5.17 Å². The molecule has 0 aromatic carbocycles. The molecule has 1 unspecified atom stereocenters. The van der Waals surface area contributed by atoms with Gasteiger partial charge in [0, 0.05) is 16.3 Å². The van der Waals surface area contributed by atoms with Crippen molar-refractivity contribution >= 4 is 28.3 Å². The maximum atomic E-state index is 11.0. The van der Waals surface area contributed by atoms with Crippen molar-refractivity contribution in [2.24, 2.45) is 10.9 Å². The quantitative estimate of drug-likeness (QED) is 0.873. The number of nitrogens with one attached hydrogen (secondary N) is 2. The normalized spacial score (nSPS) is 19.3. The third-order valence-corrected chi connectivity index (χ3v) is 5.31. The van der Waals surface area contributed by atoms with Gasteiger partial charge in [0.25, 0.3) is 0 Å². The summed E-state index contributed by atoms with van der Waals surface area (Å²) in [5.41, 5.74) is 0.930. The molecule has 1 aliphatic rings. The summed E-state index contributed by atoms with van der Waals surface area (Å²) >= 11 is 3.05. The predicted molar refractivity (Wildman–Crippen MR) is 79.5 cm³/mol. The van der Waals surface area contributed by atoms with Gasteiger partial charge in [0.2, 0.25) is 0 Å². The molecule has 0 fully saturated rings. The number of H-pyrrole nitrogens is 1. The fraction of sp³-hybridized carbons (Fsp3) is 0.667. The van der Waals surface area contributed by atoms with Crippen LogP contribution in [0.5, 0.6) is 0 Å². The second kappa shape index (κ2) is 6.43. The Kier molecular flexibility index (Phi) is 4.88. The van der Waals surface area contributed by atoms with Gasteiger partial charge in [-0.25, -0.2) is 0 Å². The van der Waals surface area contributed by atoms with Crippen molar-refractivity contribution in [3.63, 3.8) is 0 Å². The first-order chi connectivity index (χ1) is 8.72. The largest absolute Gasteiger partial charge is 0.359 e. The molecule has 0 amide bonds. The number of thiazole rings is 1. The summed E-state index contributed by atoms with van der Waals surface area (Å²) in [5.74, 6) is 0.749. The predicted octanol–water partition coefficient (Wildman–Crippen LogP) is 2.43. The Hall–Kier alpha value is -0.750. The summed E-state index contributed by atoms with van der Waals surface area (Å²) in [7, 11) is 0. The summed E-state index contributed by atoms with van der Waals surface area (Å²) in [6, 6.07) is 0. The van der Waals surface area contributed by atoms with Gasteiger partial charge in [0.05, 0.1) is 13.1 Å². The topological polar surface area (TPSA) is 57.2 Å². The lowest BCUT2D eigenvalue weighted by atomic mass is 9.99. The van der Waals surface area contributed by atoms with E-state index in [9.17, 15) is 4.79 Å². The second-order valence-electron chi connectivity index (χ2n) is 4.41. The van der Waals surface area contributed by atoms with Gasteiger partial charge in [-0.15, -0.1) is 0 Å². The molecule has 2 rings (SSSR count). The summed E-state index contributed by atoms with van der Waals surface area (Å²) in [6.45, 7) is 6.06. The van der Waals surface area contributed by atoms with Gasteiger partial charge >= 0.3 is 4.87 Å². The molecular weight excluding hydrogens is 266 g/mol. The van der Waals surface area contributed by atoms with Crippen LogP contribution in [0.1, 0.15) is 32.4 Å². The molecule has 0 saturated carbocycles. The lowest BCUT2D eigenvalue weighted by molar-refractivity contribution is 0.479. The molecule has 0 bridgehead atoms. The van der Waals surface area contributed by atoms with E-state index in [1.807, 2.05) is 17.1 Å². The lowest BCUT2D eigenvalue weighted by Crippen LogP contribution is -2.21. The smallest absolute Gasteiger partial charge is 0.304 e. The molecule has 0 spiro atoms. The first-order valence-electron chi connectivity index (χ1n) is 6.34. The minimum Gasteiger partial charge on any atom is -0.359 e. The number of thioether (sulfide) groups is 1. The summed E-state index contributed by atoms with van der Waals surface area (Å²) < 4.78 is 0. The zero-order chi connectivity index (χ0) is 13.0. The molecule has 2 heterocycles. The van der Waals surface area contributed by atoms with Crippen LogP contribution in [-0.4, -0.2) is 21.9 Å². The van der Waals surface area contributed by atoms with Gasteiger partial charge in [0.1, 0.15) is 0 Å². The van der Waals surface area contributed by atoms with Crippen LogP contribution < -0.4 is 10.2 Å². The third kappa shape index (κ3) is 3.38. The monoisotopic (exact) mass is 285 g/mol. The van der Waals surface area contributed by atoms with Crippen molar-refractivity contribution in [1.29, 1.82) is 0 Å². The highest BCUT2D eigenvalue weighted by molar-refractivity contribution is 8.14. The maximum Gasteiger partial charge on any atom is 0.304 e. The van der Waals surface area contributed by atoms with Crippen LogP contribution in [0.25, 0.3) is 0 Å². The van der Waals surface area contributed by atoms with E-state index in [0.29, 0.717) is 11.8 Å². The van der Waals surface area contributed by atoms with E-state index >= 15 is 0 Å². The standard InChI is InChI=1S/C12H19N3OS2/c1-3-8(4-2)10-6-14-11(18-10)13-5-9-7-17-12(16)15-9/h7-8,10H,3-6H2,1-2H3,(H,13,14)(H,15,16). The lowest BCUT2D eigenvalue weighted by Gasteiger charge is -2.18. The molecule has 4 nitrogen and oxygen atoms in total. The molecule has 0 radical (unpaired) electrons. The molecule has 100 valence electrons. The molecule has 2 N–H and O–H groups in total. The minimum absolute atomic E-state index is 0.00252. The highest BCUT2D eigenvalue weighted by atomic mass is 32.2. The SMILES string of the molecule is CCC(CC)C1CN=C(NCc2csc(=O)[nH]2)S1. The van der Waals surface area contributed by atoms with Crippen LogP contribution >= 0.6 is 23.1 Å². The van der Waals surface area contributed by atoms with Crippen LogP contribution in [0.15, 0.2) is 15.2 Å². The summed E-state index contributed by atoms with van der Waals surface area (Å²) in [4.78, 5) is 18.3. The average Bonchev–Trinajstić information content (AvgIpc) is 2.98. The number of aliphatic imine (C=N–C) groups is 1. The molecule has 0 saturated heterocycles. The molecule has 6 heteroatoms. The summed E-state index contributed by atoms with van der Waals surface area (Å²) in [6.07, 6.45) is 2.43. The summed E-state index contributed by atoms with van der Waals surface area (Å²) in [5, 5.41) is 6.78. The van der Waals surface area contributed by atoms with E-state index in [-0.39, 0.29) is 4.87 Å². The Balaban J connectivity index is 1.80. The Labute approximate surface area is 115 Å². The van der Waals surface area contributed by atoms with E-state index in [4.69, 9.17) is 0 Å². The highest BCUT2D eigenvalue weighted by Crippen LogP contribution is 2.30. The van der Waals surface area contributed by atoms with Gasteiger partial charge < -0.3 is 10.3 Å². The van der Waals surface area contributed by atoms with Crippen molar-refractivity contribution in [3.8, 4) is 0 Å². The van der Waals surface area contributed by atoms with Crippen molar-refractivity contribution in [2.45, 2.75) is 38.5 Å². The van der Waals surface area contributed by atoms with E-state index in [1.54, 1.807) is 0 Å². The van der Waals surface area contributed by atoms with Crippen molar-refractivity contribution in [3.05, 3.63) is 20.7 Å². The van der Waals surface area contributed by atoms with Gasteiger partial charge in [-0.05, 0) is 5.92 Å². The van der Waals surface area contributed by atoms with Gasteiger partial charge in [-0.2, -0.15) is 0 Å². The zero-order valence-electron chi connectivity index (χ0n) is 10.7. The van der Waals surface area contributed by atoms with Crippen molar-refractivity contribution in [2.75, 3.05) is 6.54 Å². The first kappa shape index (κ1) is 13.7. The number of rotatable bonds is 5. The fourth-order valence-corrected chi connectivity index (χ4v) is 4.02. The van der Waals surface area contributed by atoms with Crippen molar-refractivity contribution in [1.82, 2.24) is 10.3 Å². The van der Waals surface area contributed by atoms with Crippen molar-refractivity contribution < 1.29 is 0 Å². The number of aromatic amines is 1. The first-order valence-corrected chi connectivity index (χ1v) is 8.10. The Morgan fingerprint density at radius 1 is 1.56 bits per heavy atom. The molecule has 1 aromatic rings. The Morgan fingerprint density at radius 3 is 2.94 bits per heavy atom. The van der Waals surface area contributed by atoms with E-state index in [0.717, 1.165) is 23.3 Å². The average molecular weight is 285 g/mol. The zero-order valence-corrected chi connectivity index (χ0v) is 12.4. The molecular formula is C12H19N3OS2. The molecule has 1 aliphatic heterocycles. The number of amidine groups is 1. The van der Waals surface area contributed by atoms with Crippen LogP contribution in [0.3, 0.4) is 0 Å². The highest BCUT2D eigenvalue weighted by Gasteiger charge is 2.25. The van der Waals surface area contributed by atoms with Crippen LogP contribution in [0.4, 0.5) is 0 Å². The van der Waals surface area contributed by atoms with Crippen LogP contribution in [-0.2, 0) is 6.54 Å². The van der Waals surface area contributed by atoms with Gasteiger partial charge in [-0.3, -0.25) is 9.79 Å². The van der Waals surface area contributed by atoms with E-state index in [2.05, 4.69) is 29.1 Å².